The van der Waals surface area contributed by atoms with Crippen LogP contribution in [0.5, 0.6) is 5.75 Å². The molecule has 5 nitrogen and oxygen atoms in total. The van der Waals surface area contributed by atoms with E-state index in [0.717, 1.165) is 0 Å². The van der Waals surface area contributed by atoms with Gasteiger partial charge in [0.25, 0.3) is 0 Å². The second-order valence-electron chi connectivity index (χ2n) is 5.55. The Balaban J connectivity index is 2.71. The maximum Gasteiger partial charge on any atom is 0.319 e. The van der Waals surface area contributed by atoms with Crippen molar-refractivity contribution in [3.8, 4) is 5.75 Å². The van der Waals surface area contributed by atoms with Gasteiger partial charge in [-0.1, -0.05) is 32.4 Å². The first-order valence-corrected chi connectivity index (χ1v) is 6.67. The summed E-state index contributed by atoms with van der Waals surface area (Å²) in [6, 6.07) is 4.22. The summed E-state index contributed by atoms with van der Waals surface area (Å²) < 4.78 is 5.04. The van der Waals surface area contributed by atoms with Crippen LogP contribution in [0.15, 0.2) is 18.2 Å². The van der Waals surface area contributed by atoms with Crippen molar-refractivity contribution in [3.63, 3.8) is 0 Å². The van der Waals surface area contributed by atoms with Crippen LogP contribution in [0.4, 0.5) is 10.5 Å². The van der Waals surface area contributed by atoms with Crippen molar-refractivity contribution in [1.82, 2.24) is 5.32 Å². The summed E-state index contributed by atoms with van der Waals surface area (Å²) in [6.07, 6.45) is 0. The van der Waals surface area contributed by atoms with E-state index in [1.54, 1.807) is 25.3 Å². The van der Waals surface area contributed by atoms with Gasteiger partial charge in [0.15, 0.2) is 0 Å². The molecule has 1 rings (SSSR count). The van der Waals surface area contributed by atoms with Crippen molar-refractivity contribution in [2.24, 2.45) is 5.41 Å². The quantitative estimate of drug-likeness (QED) is 0.801. The number of hydrogen-bond donors (Lipinski definition) is 3. The van der Waals surface area contributed by atoms with Crippen molar-refractivity contribution >= 4 is 23.3 Å². The van der Waals surface area contributed by atoms with Crippen molar-refractivity contribution < 1.29 is 14.6 Å². The van der Waals surface area contributed by atoms with Crippen LogP contribution >= 0.6 is 11.6 Å². The molecule has 0 radical (unpaired) electrons. The smallest absolute Gasteiger partial charge is 0.319 e. The number of anilines is 1. The number of halogens is 1. The van der Waals surface area contributed by atoms with Crippen LogP contribution in [-0.2, 0) is 0 Å². The van der Waals surface area contributed by atoms with Gasteiger partial charge in [0.2, 0.25) is 0 Å². The molecule has 0 fully saturated rings. The lowest BCUT2D eigenvalue weighted by Crippen LogP contribution is -2.47. The summed E-state index contributed by atoms with van der Waals surface area (Å²) in [6.45, 7) is 5.69. The molecule has 0 aliphatic rings. The predicted octanol–water partition coefficient (Wildman–Crippen LogP) is 2.88. The lowest BCUT2D eigenvalue weighted by Gasteiger charge is -2.29. The minimum Gasteiger partial charge on any atom is -0.497 e. The zero-order chi connectivity index (χ0) is 15.3. The fourth-order valence-electron chi connectivity index (χ4n) is 1.58. The first-order chi connectivity index (χ1) is 9.27. The average molecular weight is 301 g/mol. The van der Waals surface area contributed by atoms with Gasteiger partial charge < -0.3 is 20.5 Å². The maximum atomic E-state index is 11.9. The SMILES string of the molecule is COc1ccc(NC(=O)N[C@H](CO)C(C)(C)C)c(Cl)c1. The van der Waals surface area contributed by atoms with E-state index < -0.39 is 6.03 Å². The molecule has 1 aromatic rings. The van der Waals surface area contributed by atoms with Crippen LogP contribution in [0, 0.1) is 5.41 Å². The monoisotopic (exact) mass is 300 g/mol. The Morgan fingerprint density at radius 3 is 2.55 bits per heavy atom. The molecule has 6 heteroatoms. The van der Waals surface area contributed by atoms with Gasteiger partial charge in [0, 0.05) is 6.07 Å². The van der Waals surface area contributed by atoms with Crippen LogP contribution in [0.25, 0.3) is 0 Å². The molecule has 2 amide bonds. The number of benzene rings is 1. The van der Waals surface area contributed by atoms with Gasteiger partial charge in [0.05, 0.1) is 30.5 Å². The first-order valence-electron chi connectivity index (χ1n) is 6.30. The molecular formula is C14H21ClN2O3. The summed E-state index contributed by atoms with van der Waals surface area (Å²) in [5.41, 5.74) is 0.242. The molecule has 0 aliphatic carbocycles. The summed E-state index contributed by atoms with van der Waals surface area (Å²) in [7, 11) is 1.54. The van der Waals surface area contributed by atoms with Crippen LogP contribution in [0.3, 0.4) is 0 Å². The normalized spacial score (nSPS) is 12.7. The molecule has 1 atom stereocenters. The number of hydrogen-bond acceptors (Lipinski definition) is 3. The topological polar surface area (TPSA) is 70.6 Å². The zero-order valence-corrected chi connectivity index (χ0v) is 12.9. The molecule has 0 saturated heterocycles. The molecule has 0 saturated carbocycles. The Morgan fingerprint density at radius 1 is 1.45 bits per heavy atom. The number of carbonyl (C=O) groups is 1. The highest BCUT2D eigenvalue weighted by atomic mass is 35.5. The number of carbonyl (C=O) groups excluding carboxylic acids is 1. The highest BCUT2D eigenvalue weighted by Gasteiger charge is 2.25. The summed E-state index contributed by atoms with van der Waals surface area (Å²) in [5, 5.41) is 15.1. The van der Waals surface area contributed by atoms with E-state index in [1.165, 1.54) is 0 Å². The van der Waals surface area contributed by atoms with Gasteiger partial charge in [0.1, 0.15) is 5.75 Å². The zero-order valence-electron chi connectivity index (χ0n) is 12.2. The highest BCUT2D eigenvalue weighted by molar-refractivity contribution is 6.33. The Kier molecular flexibility index (Phi) is 5.65. The first kappa shape index (κ1) is 16.6. The van der Waals surface area contributed by atoms with Crippen LogP contribution in [0.2, 0.25) is 5.02 Å². The van der Waals surface area contributed by atoms with Crippen molar-refractivity contribution in [3.05, 3.63) is 23.2 Å². The number of ether oxygens (including phenoxy) is 1. The minimum atomic E-state index is -0.411. The molecular weight excluding hydrogens is 280 g/mol. The predicted molar refractivity (Wildman–Crippen MR) is 80.5 cm³/mol. The molecule has 112 valence electrons. The minimum absolute atomic E-state index is 0.132. The van der Waals surface area contributed by atoms with Crippen LogP contribution in [0.1, 0.15) is 20.8 Å². The molecule has 0 bridgehead atoms. The van der Waals surface area contributed by atoms with Gasteiger partial charge >= 0.3 is 6.03 Å². The Labute approximate surface area is 124 Å². The molecule has 1 aromatic carbocycles. The van der Waals surface area contributed by atoms with Crippen molar-refractivity contribution in [2.75, 3.05) is 19.0 Å². The van der Waals surface area contributed by atoms with Crippen LogP contribution < -0.4 is 15.4 Å². The Hall–Kier alpha value is -1.46. The third-order valence-corrected chi connectivity index (χ3v) is 3.27. The number of methoxy groups -OCH3 is 1. The lowest BCUT2D eigenvalue weighted by molar-refractivity contribution is 0.162. The van der Waals surface area contributed by atoms with E-state index in [-0.39, 0.29) is 18.1 Å². The molecule has 3 N–H and O–H groups in total. The Morgan fingerprint density at radius 2 is 2.10 bits per heavy atom. The van der Waals surface area contributed by atoms with Crippen molar-refractivity contribution in [1.29, 1.82) is 0 Å². The molecule has 0 heterocycles. The molecule has 0 aliphatic heterocycles. The number of aliphatic hydroxyl groups is 1. The maximum absolute atomic E-state index is 11.9. The fourth-order valence-corrected chi connectivity index (χ4v) is 1.79. The second-order valence-corrected chi connectivity index (χ2v) is 5.95. The number of nitrogens with one attached hydrogen (secondary N) is 2. The largest absolute Gasteiger partial charge is 0.497 e. The van der Waals surface area contributed by atoms with Gasteiger partial charge in [-0.15, -0.1) is 0 Å². The molecule has 0 aromatic heterocycles. The highest BCUT2D eigenvalue weighted by Crippen LogP contribution is 2.26. The van der Waals surface area contributed by atoms with E-state index in [0.29, 0.717) is 16.5 Å². The molecule has 0 spiro atoms. The second kappa shape index (κ2) is 6.81. The fraction of sp³-hybridized carbons (Fsp3) is 0.500. The van der Waals surface area contributed by atoms with E-state index in [2.05, 4.69) is 10.6 Å². The van der Waals surface area contributed by atoms with Crippen LogP contribution in [-0.4, -0.2) is 30.9 Å². The van der Waals surface area contributed by atoms with Gasteiger partial charge in [-0.05, 0) is 17.5 Å². The number of amides is 2. The van der Waals surface area contributed by atoms with Crippen molar-refractivity contribution in [2.45, 2.75) is 26.8 Å². The molecule has 0 unspecified atom stereocenters. The number of aliphatic hydroxyl groups excluding tert-OH is 1. The van der Waals surface area contributed by atoms with Gasteiger partial charge in [-0.3, -0.25) is 0 Å². The third kappa shape index (κ3) is 4.58. The van der Waals surface area contributed by atoms with E-state index in [1.807, 2.05) is 20.8 Å². The van der Waals surface area contributed by atoms with Gasteiger partial charge in [-0.2, -0.15) is 0 Å². The van der Waals surface area contributed by atoms with E-state index >= 15 is 0 Å². The molecule has 20 heavy (non-hydrogen) atoms. The Bertz CT molecular complexity index is 472. The van der Waals surface area contributed by atoms with E-state index in [9.17, 15) is 9.90 Å². The summed E-state index contributed by atoms with van der Waals surface area (Å²) >= 11 is 6.04. The summed E-state index contributed by atoms with van der Waals surface area (Å²) in [5.74, 6) is 0.615. The third-order valence-electron chi connectivity index (χ3n) is 2.96. The lowest BCUT2D eigenvalue weighted by atomic mass is 9.87. The standard InChI is InChI=1S/C14H21ClN2O3/c1-14(2,3)12(8-18)17-13(19)16-11-6-5-9(20-4)7-10(11)15/h5-7,12,18H,8H2,1-4H3,(H2,16,17,19)/t12-/m1/s1. The number of rotatable bonds is 4. The van der Waals surface area contributed by atoms with E-state index in [4.69, 9.17) is 16.3 Å². The van der Waals surface area contributed by atoms with Gasteiger partial charge in [-0.25, -0.2) is 4.79 Å². The average Bonchev–Trinajstić information content (AvgIpc) is 2.37. The number of urea groups is 1. The summed E-state index contributed by atoms with van der Waals surface area (Å²) in [4.78, 5) is 11.9.